The van der Waals surface area contributed by atoms with Gasteiger partial charge in [0.25, 0.3) is 5.91 Å². The fourth-order valence-corrected chi connectivity index (χ4v) is 4.72. The molecule has 8 nitrogen and oxygen atoms in total. The Kier molecular flexibility index (Phi) is 7.13. The van der Waals surface area contributed by atoms with Crippen molar-refractivity contribution in [1.29, 1.82) is 0 Å². The van der Waals surface area contributed by atoms with Crippen molar-refractivity contribution < 1.29 is 23.7 Å². The smallest absolute Gasteiger partial charge is 0.251 e. The monoisotopic (exact) mass is 489 g/mol. The molecule has 0 saturated carbocycles. The highest BCUT2D eigenvalue weighted by Crippen LogP contribution is 2.36. The molecule has 8 heteroatoms. The second-order valence-electron chi connectivity index (χ2n) is 8.79. The fraction of sp³-hybridized carbons (Fsp3) is 0.321. The molecule has 0 spiro atoms. The van der Waals surface area contributed by atoms with Gasteiger partial charge in [0, 0.05) is 44.0 Å². The van der Waals surface area contributed by atoms with E-state index in [0.29, 0.717) is 17.9 Å². The molecule has 3 aromatic carbocycles. The summed E-state index contributed by atoms with van der Waals surface area (Å²) in [6.45, 7) is 4.20. The second kappa shape index (κ2) is 10.8. The van der Waals surface area contributed by atoms with Crippen molar-refractivity contribution in [3.63, 3.8) is 0 Å². The van der Waals surface area contributed by atoms with Crippen LogP contribution in [0.2, 0.25) is 0 Å². The van der Waals surface area contributed by atoms with Gasteiger partial charge in [0.2, 0.25) is 6.79 Å². The van der Waals surface area contributed by atoms with Crippen LogP contribution in [0.1, 0.15) is 22.0 Å². The fourth-order valence-electron chi connectivity index (χ4n) is 4.72. The highest BCUT2D eigenvalue weighted by Gasteiger charge is 2.27. The minimum Gasteiger partial charge on any atom is -0.497 e. The van der Waals surface area contributed by atoms with Crippen molar-refractivity contribution in [1.82, 2.24) is 10.2 Å². The molecule has 36 heavy (non-hydrogen) atoms. The van der Waals surface area contributed by atoms with Crippen LogP contribution < -0.4 is 29.2 Å². The van der Waals surface area contributed by atoms with E-state index in [0.717, 1.165) is 49.0 Å². The number of ether oxygens (including phenoxy) is 4. The summed E-state index contributed by atoms with van der Waals surface area (Å²) in [4.78, 5) is 17.8. The molecule has 0 radical (unpaired) electrons. The van der Waals surface area contributed by atoms with Crippen LogP contribution in [0.15, 0.2) is 66.7 Å². The minimum atomic E-state index is -0.128. The van der Waals surface area contributed by atoms with Gasteiger partial charge in [0.05, 0.1) is 20.3 Å². The van der Waals surface area contributed by atoms with Crippen molar-refractivity contribution in [2.24, 2.45) is 0 Å². The summed E-state index contributed by atoms with van der Waals surface area (Å²) in [6.07, 6.45) is 0. The summed E-state index contributed by atoms with van der Waals surface area (Å²) in [5.41, 5.74) is 2.84. The van der Waals surface area contributed by atoms with E-state index < -0.39 is 0 Å². The number of fused-ring (bicyclic) bond motifs is 1. The lowest BCUT2D eigenvalue weighted by atomic mass is 10.0. The summed E-state index contributed by atoms with van der Waals surface area (Å²) >= 11 is 0. The Hall–Kier alpha value is -3.91. The lowest BCUT2D eigenvalue weighted by molar-refractivity contribution is 0.0930. The third-order valence-electron chi connectivity index (χ3n) is 6.76. The first-order chi connectivity index (χ1) is 17.6. The number of carbonyl (C=O) groups is 1. The van der Waals surface area contributed by atoms with Crippen LogP contribution in [0.25, 0.3) is 0 Å². The number of hydrogen-bond donors (Lipinski definition) is 1. The predicted molar refractivity (Wildman–Crippen MR) is 137 cm³/mol. The van der Waals surface area contributed by atoms with Crippen LogP contribution >= 0.6 is 0 Å². The average Bonchev–Trinajstić information content (AvgIpc) is 3.42. The maximum atomic E-state index is 13.0. The first kappa shape index (κ1) is 23.8. The average molecular weight is 490 g/mol. The summed E-state index contributed by atoms with van der Waals surface area (Å²) in [7, 11) is 3.27. The van der Waals surface area contributed by atoms with E-state index in [-0.39, 0.29) is 18.7 Å². The van der Waals surface area contributed by atoms with Crippen molar-refractivity contribution in [3.05, 3.63) is 77.9 Å². The first-order valence-electron chi connectivity index (χ1n) is 12.1. The van der Waals surface area contributed by atoms with Gasteiger partial charge in [-0.2, -0.15) is 0 Å². The van der Waals surface area contributed by atoms with Crippen LogP contribution in [-0.2, 0) is 0 Å². The standard InChI is InChI=1S/C28H31N3O5/c1-33-23-9-7-22(8-10-23)30-12-14-31(15-13-30)25(20-6-11-26-27(17-20)36-19-35-26)18-29-28(32)21-4-3-5-24(16-21)34-2/h3-11,16-17,25H,12-15,18-19H2,1-2H3,(H,29,32)/t25-/m0/s1. The molecule has 188 valence electrons. The second-order valence-corrected chi connectivity index (χ2v) is 8.79. The van der Waals surface area contributed by atoms with Gasteiger partial charge in [-0.05, 0) is 60.2 Å². The Balaban J connectivity index is 1.30. The summed E-state index contributed by atoms with van der Waals surface area (Å²) in [5, 5.41) is 3.13. The normalized spacial score (nSPS) is 15.9. The highest BCUT2D eigenvalue weighted by molar-refractivity contribution is 5.94. The molecule has 0 aromatic heterocycles. The highest BCUT2D eigenvalue weighted by atomic mass is 16.7. The molecule has 1 N–H and O–H groups in total. The Bertz CT molecular complexity index is 1190. The van der Waals surface area contributed by atoms with Crippen LogP contribution in [0, 0.1) is 0 Å². The van der Waals surface area contributed by atoms with Gasteiger partial charge in [-0.15, -0.1) is 0 Å². The predicted octanol–water partition coefficient (Wildman–Crippen LogP) is 3.73. The molecule has 0 bridgehead atoms. The third-order valence-corrected chi connectivity index (χ3v) is 6.76. The number of carbonyl (C=O) groups excluding carboxylic acids is 1. The summed E-state index contributed by atoms with van der Waals surface area (Å²) in [5.74, 6) is 2.88. The van der Waals surface area contributed by atoms with Gasteiger partial charge in [-0.25, -0.2) is 0 Å². The minimum absolute atomic E-state index is 0.00734. The molecule has 2 aliphatic rings. The van der Waals surface area contributed by atoms with Gasteiger partial charge in [-0.3, -0.25) is 9.69 Å². The molecule has 1 saturated heterocycles. The number of nitrogens with one attached hydrogen (secondary N) is 1. The van der Waals surface area contributed by atoms with Gasteiger partial charge >= 0.3 is 0 Å². The zero-order valence-corrected chi connectivity index (χ0v) is 20.6. The van der Waals surface area contributed by atoms with E-state index >= 15 is 0 Å². The lowest BCUT2D eigenvalue weighted by Gasteiger charge is -2.40. The van der Waals surface area contributed by atoms with Crippen molar-refractivity contribution >= 4 is 11.6 Å². The Morgan fingerprint density at radius 1 is 0.889 bits per heavy atom. The van der Waals surface area contributed by atoms with E-state index in [1.54, 1.807) is 26.4 Å². The number of rotatable bonds is 8. The molecule has 1 atom stereocenters. The van der Waals surface area contributed by atoms with Gasteiger partial charge < -0.3 is 29.2 Å². The number of hydrogen-bond acceptors (Lipinski definition) is 7. The molecule has 2 heterocycles. The molecule has 5 rings (SSSR count). The summed E-state index contributed by atoms with van der Waals surface area (Å²) in [6, 6.07) is 21.4. The SMILES string of the molecule is COc1ccc(N2CCN([C@@H](CNC(=O)c3cccc(OC)c3)c3ccc4c(c3)OCO4)CC2)cc1. The third kappa shape index (κ3) is 5.18. The Morgan fingerprint density at radius 3 is 2.39 bits per heavy atom. The lowest BCUT2D eigenvalue weighted by Crippen LogP contribution is -2.50. The quantitative estimate of drug-likeness (QED) is 0.517. The van der Waals surface area contributed by atoms with Crippen molar-refractivity contribution in [2.75, 3.05) is 58.6 Å². The zero-order valence-electron chi connectivity index (χ0n) is 20.6. The van der Waals surface area contributed by atoms with Crippen molar-refractivity contribution in [3.8, 4) is 23.0 Å². The van der Waals surface area contributed by atoms with Crippen LogP contribution in [-0.4, -0.2) is 64.5 Å². The van der Waals surface area contributed by atoms with E-state index in [1.807, 2.05) is 36.4 Å². The molecule has 1 amide bonds. The van der Waals surface area contributed by atoms with E-state index in [2.05, 4.69) is 33.3 Å². The molecule has 0 unspecified atom stereocenters. The number of methoxy groups -OCH3 is 2. The number of amides is 1. The number of piperazine rings is 1. The number of anilines is 1. The first-order valence-corrected chi connectivity index (χ1v) is 12.1. The largest absolute Gasteiger partial charge is 0.497 e. The zero-order chi connectivity index (χ0) is 24.9. The molecular formula is C28H31N3O5. The van der Waals surface area contributed by atoms with E-state index in [4.69, 9.17) is 18.9 Å². The molecule has 3 aromatic rings. The maximum Gasteiger partial charge on any atom is 0.251 e. The Morgan fingerprint density at radius 2 is 1.64 bits per heavy atom. The number of benzene rings is 3. The van der Waals surface area contributed by atoms with Crippen LogP contribution in [0.3, 0.4) is 0 Å². The van der Waals surface area contributed by atoms with Gasteiger partial charge in [0.1, 0.15) is 11.5 Å². The molecular weight excluding hydrogens is 458 g/mol. The van der Waals surface area contributed by atoms with Gasteiger partial charge in [0.15, 0.2) is 11.5 Å². The van der Waals surface area contributed by atoms with Crippen LogP contribution in [0.5, 0.6) is 23.0 Å². The number of nitrogens with zero attached hydrogens (tertiary/aromatic N) is 2. The molecule has 2 aliphatic heterocycles. The van der Waals surface area contributed by atoms with E-state index in [9.17, 15) is 4.79 Å². The van der Waals surface area contributed by atoms with Gasteiger partial charge in [-0.1, -0.05) is 12.1 Å². The molecule has 1 fully saturated rings. The van der Waals surface area contributed by atoms with Crippen LogP contribution in [0.4, 0.5) is 5.69 Å². The topological polar surface area (TPSA) is 72.5 Å². The summed E-state index contributed by atoms with van der Waals surface area (Å²) < 4.78 is 21.7. The van der Waals surface area contributed by atoms with E-state index in [1.165, 1.54) is 5.69 Å². The molecule has 0 aliphatic carbocycles. The Labute approximate surface area is 211 Å². The maximum absolute atomic E-state index is 13.0. The van der Waals surface area contributed by atoms with Crippen molar-refractivity contribution in [2.45, 2.75) is 6.04 Å².